The first-order valence-electron chi connectivity index (χ1n) is 11.1. The average Bonchev–Trinajstić information content (AvgIpc) is 3.51. The van der Waals surface area contributed by atoms with Crippen molar-refractivity contribution in [2.24, 2.45) is 0 Å². The van der Waals surface area contributed by atoms with Gasteiger partial charge in [-0.05, 0) is 69.3 Å². The van der Waals surface area contributed by atoms with Gasteiger partial charge in [0.2, 0.25) is 11.8 Å². The van der Waals surface area contributed by atoms with Crippen LogP contribution in [0.2, 0.25) is 0 Å². The van der Waals surface area contributed by atoms with E-state index in [1.807, 2.05) is 34.9 Å². The van der Waals surface area contributed by atoms with Crippen LogP contribution in [0.4, 0.5) is 4.39 Å². The standard InChI is InChI=1S/C24H25FN6OS/c1-17(30-14-6-3-7-15-30)22-27-29-24(31(22)20-12-10-19(25)11-13-20)33-16-21-26-28-23(32-21)18-8-4-2-5-9-18/h2,4-5,8-13,17H,3,6-7,14-16H2,1H3/t17-/m1/s1. The number of halogens is 1. The zero-order chi connectivity index (χ0) is 22.6. The van der Waals surface area contributed by atoms with E-state index in [1.54, 1.807) is 12.1 Å². The van der Waals surface area contributed by atoms with Gasteiger partial charge in [-0.25, -0.2) is 4.39 Å². The number of thioether (sulfide) groups is 1. The van der Waals surface area contributed by atoms with Crippen molar-refractivity contribution < 1.29 is 8.81 Å². The van der Waals surface area contributed by atoms with E-state index in [0.717, 1.165) is 30.2 Å². The molecule has 3 heterocycles. The minimum Gasteiger partial charge on any atom is -0.420 e. The number of aromatic nitrogens is 5. The lowest BCUT2D eigenvalue weighted by molar-refractivity contribution is 0.167. The van der Waals surface area contributed by atoms with E-state index in [-0.39, 0.29) is 11.9 Å². The third-order valence-corrected chi connectivity index (χ3v) is 6.78. The fraction of sp³-hybridized carbons (Fsp3) is 0.333. The molecule has 170 valence electrons. The molecule has 1 aliphatic heterocycles. The Morgan fingerprint density at radius 3 is 2.45 bits per heavy atom. The molecular weight excluding hydrogens is 439 g/mol. The third-order valence-electron chi connectivity index (χ3n) is 5.87. The third kappa shape index (κ3) is 4.84. The Kier molecular flexibility index (Phi) is 6.50. The maximum absolute atomic E-state index is 13.6. The average molecular weight is 465 g/mol. The largest absolute Gasteiger partial charge is 0.420 e. The molecule has 7 nitrogen and oxygen atoms in total. The first-order chi connectivity index (χ1) is 16.2. The highest BCUT2D eigenvalue weighted by atomic mass is 32.2. The molecule has 0 spiro atoms. The molecule has 0 radical (unpaired) electrons. The lowest BCUT2D eigenvalue weighted by Crippen LogP contribution is -2.33. The Morgan fingerprint density at radius 2 is 1.70 bits per heavy atom. The number of piperidine rings is 1. The van der Waals surface area contributed by atoms with Crippen LogP contribution in [0.5, 0.6) is 0 Å². The lowest BCUT2D eigenvalue weighted by atomic mass is 10.1. The highest BCUT2D eigenvalue weighted by Gasteiger charge is 2.26. The van der Waals surface area contributed by atoms with E-state index in [1.165, 1.54) is 43.2 Å². The predicted molar refractivity (Wildman–Crippen MR) is 124 cm³/mol. The predicted octanol–water partition coefficient (Wildman–Crippen LogP) is 5.30. The van der Waals surface area contributed by atoms with Crippen molar-refractivity contribution in [3.8, 4) is 17.1 Å². The molecule has 5 rings (SSSR count). The Morgan fingerprint density at radius 1 is 0.939 bits per heavy atom. The second-order valence-electron chi connectivity index (χ2n) is 8.08. The van der Waals surface area contributed by atoms with Gasteiger partial charge in [-0.15, -0.1) is 20.4 Å². The summed E-state index contributed by atoms with van der Waals surface area (Å²) in [5.74, 6) is 2.04. The topological polar surface area (TPSA) is 72.9 Å². The van der Waals surface area contributed by atoms with Crippen LogP contribution >= 0.6 is 11.8 Å². The molecule has 0 N–H and O–H groups in total. The van der Waals surface area contributed by atoms with Gasteiger partial charge < -0.3 is 4.42 Å². The molecule has 0 saturated carbocycles. The normalized spacial score (nSPS) is 15.6. The number of rotatable bonds is 7. The van der Waals surface area contributed by atoms with Gasteiger partial charge in [-0.2, -0.15) is 0 Å². The molecule has 1 fully saturated rings. The summed E-state index contributed by atoms with van der Waals surface area (Å²) in [5, 5.41) is 18.1. The Balaban J connectivity index is 1.40. The molecule has 0 unspecified atom stereocenters. The van der Waals surface area contributed by atoms with Crippen LogP contribution in [0, 0.1) is 5.82 Å². The highest BCUT2D eigenvalue weighted by Crippen LogP contribution is 2.31. The molecule has 2 aromatic heterocycles. The number of hydrogen-bond donors (Lipinski definition) is 0. The molecule has 4 aromatic rings. The van der Waals surface area contributed by atoms with Crippen molar-refractivity contribution in [3.05, 3.63) is 72.1 Å². The number of benzene rings is 2. The molecular formula is C24H25FN6OS. The van der Waals surface area contributed by atoms with E-state index >= 15 is 0 Å². The minimum atomic E-state index is -0.272. The maximum atomic E-state index is 13.6. The summed E-state index contributed by atoms with van der Waals surface area (Å²) in [6.45, 7) is 4.25. The summed E-state index contributed by atoms with van der Waals surface area (Å²) in [6.07, 6.45) is 3.65. The van der Waals surface area contributed by atoms with Crippen LogP contribution in [0.1, 0.15) is 43.9 Å². The molecule has 1 aliphatic rings. The Bertz CT molecular complexity index is 1190. The van der Waals surface area contributed by atoms with E-state index in [2.05, 4.69) is 32.2 Å². The SMILES string of the molecule is C[C@H](c1nnc(SCc2nnc(-c3ccccc3)o2)n1-c1ccc(F)cc1)N1CCCCC1. The highest BCUT2D eigenvalue weighted by molar-refractivity contribution is 7.98. The van der Waals surface area contributed by atoms with Gasteiger partial charge in [0.1, 0.15) is 5.82 Å². The zero-order valence-electron chi connectivity index (χ0n) is 18.4. The zero-order valence-corrected chi connectivity index (χ0v) is 19.2. The molecule has 0 aliphatic carbocycles. The molecule has 1 atom stereocenters. The van der Waals surface area contributed by atoms with E-state index in [0.29, 0.717) is 22.7 Å². The molecule has 1 saturated heterocycles. The van der Waals surface area contributed by atoms with Crippen LogP contribution in [0.3, 0.4) is 0 Å². The van der Waals surface area contributed by atoms with Crippen molar-refractivity contribution in [2.75, 3.05) is 13.1 Å². The quantitative estimate of drug-likeness (QED) is 0.344. The summed E-state index contributed by atoms with van der Waals surface area (Å²) in [5.41, 5.74) is 1.71. The lowest BCUT2D eigenvalue weighted by Gasteiger charge is -2.31. The van der Waals surface area contributed by atoms with Crippen LogP contribution in [0.15, 0.2) is 64.2 Å². The van der Waals surface area contributed by atoms with Crippen molar-refractivity contribution in [2.45, 2.75) is 43.1 Å². The maximum Gasteiger partial charge on any atom is 0.247 e. The van der Waals surface area contributed by atoms with Gasteiger partial charge in [0.15, 0.2) is 11.0 Å². The second kappa shape index (κ2) is 9.84. The summed E-state index contributed by atoms with van der Waals surface area (Å²) < 4.78 is 21.5. The fourth-order valence-electron chi connectivity index (χ4n) is 4.08. The number of nitrogens with zero attached hydrogens (tertiary/aromatic N) is 6. The fourth-order valence-corrected chi connectivity index (χ4v) is 4.88. The summed E-state index contributed by atoms with van der Waals surface area (Å²) in [4.78, 5) is 2.44. The van der Waals surface area contributed by atoms with Gasteiger partial charge in [0, 0.05) is 11.3 Å². The summed E-state index contributed by atoms with van der Waals surface area (Å²) >= 11 is 1.47. The molecule has 0 bridgehead atoms. The van der Waals surface area contributed by atoms with Crippen LogP contribution in [0.25, 0.3) is 17.1 Å². The number of likely N-dealkylation sites (tertiary alicyclic amines) is 1. The van der Waals surface area contributed by atoms with Gasteiger partial charge >= 0.3 is 0 Å². The number of hydrogen-bond acceptors (Lipinski definition) is 7. The van der Waals surface area contributed by atoms with Gasteiger partial charge in [-0.3, -0.25) is 9.47 Å². The monoisotopic (exact) mass is 464 g/mol. The minimum absolute atomic E-state index is 0.102. The van der Waals surface area contributed by atoms with Crippen molar-refractivity contribution in [1.29, 1.82) is 0 Å². The second-order valence-corrected chi connectivity index (χ2v) is 9.02. The Labute approximate surface area is 196 Å². The van der Waals surface area contributed by atoms with Gasteiger partial charge in [-0.1, -0.05) is 36.4 Å². The summed E-state index contributed by atoms with van der Waals surface area (Å²) in [6, 6.07) is 16.2. The van der Waals surface area contributed by atoms with Crippen LogP contribution < -0.4 is 0 Å². The van der Waals surface area contributed by atoms with Crippen molar-refractivity contribution >= 4 is 11.8 Å². The van der Waals surface area contributed by atoms with E-state index in [9.17, 15) is 4.39 Å². The first kappa shape index (κ1) is 21.8. The smallest absolute Gasteiger partial charge is 0.247 e. The summed E-state index contributed by atoms with van der Waals surface area (Å²) in [7, 11) is 0. The van der Waals surface area contributed by atoms with Crippen molar-refractivity contribution in [1.82, 2.24) is 29.9 Å². The first-order valence-corrected chi connectivity index (χ1v) is 12.1. The van der Waals surface area contributed by atoms with Crippen molar-refractivity contribution in [3.63, 3.8) is 0 Å². The van der Waals surface area contributed by atoms with Crippen LogP contribution in [-0.2, 0) is 5.75 Å². The molecule has 33 heavy (non-hydrogen) atoms. The molecule has 9 heteroatoms. The van der Waals surface area contributed by atoms with E-state index < -0.39 is 0 Å². The van der Waals surface area contributed by atoms with E-state index in [4.69, 9.17) is 4.42 Å². The molecule has 0 amide bonds. The van der Waals surface area contributed by atoms with Crippen LogP contribution in [-0.4, -0.2) is 43.0 Å². The molecule has 2 aromatic carbocycles. The van der Waals surface area contributed by atoms with Gasteiger partial charge in [0.25, 0.3) is 0 Å². The Hall–Kier alpha value is -3.04. The van der Waals surface area contributed by atoms with Gasteiger partial charge in [0.05, 0.1) is 11.8 Å².